The molecule has 0 aromatic carbocycles. The summed E-state index contributed by atoms with van der Waals surface area (Å²) >= 11 is 0. The Kier molecular flexibility index (Phi) is 3.98. The number of hydrogen-bond acceptors (Lipinski definition) is 3. The van der Waals surface area contributed by atoms with Crippen molar-refractivity contribution >= 4 is 5.97 Å². The van der Waals surface area contributed by atoms with E-state index in [1.807, 2.05) is 12.2 Å². The molecule has 0 spiro atoms. The fourth-order valence-corrected chi connectivity index (χ4v) is 1.23. The van der Waals surface area contributed by atoms with Crippen LogP contribution in [0.15, 0.2) is 35.6 Å². The van der Waals surface area contributed by atoms with Crippen LogP contribution in [-0.2, 0) is 9.53 Å². The lowest BCUT2D eigenvalue weighted by Crippen LogP contribution is -2.04. The number of rotatable bonds is 3. The van der Waals surface area contributed by atoms with Crippen LogP contribution in [0.2, 0.25) is 0 Å². The van der Waals surface area contributed by atoms with Gasteiger partial charge in [0.2, 0.25) is 0 Å². The van der Waals surface area contributed by atoms with Crippen molar-refractivity contribution in [1.82, 2.24) is 0 Å². The van der Waals surface area contributed by atoms with Crippen molar-refractivity contribution in [1.29, 1.82) is 0 Å². The molecule has 0 aromatic heterocycles. The van der Waals surface area contributed by atoms with Gasteiger partial charge in [-0.05, 0) is 31.4 Å². The van der Waals surface area contributed by atoms with Crippen LogP contribution in [0.3, 0.4) is 0 Å². The summed E-state index contributed by atoms with van der Waals surface area (Å²) in [7, 11) is 0. The summed E-state index contributed by atoms with van der Waals surface area (Å²) in [5.74, 6) is -0.327. The molecule has 0 aliphatic heterocycles. The van der Waals surface area contributed by atoms with Gasteiger partial charge in [0, 0.05) is 11.8 Å². The van der Waals surface area contributed by atoms with Crippen LogP contribution in [-0.4, -0.2) is 12.6 Å². The highest BCUT2D eigenvalue weighted by Gasteiger charge is 2.02. The van der Waals surface area contributed by atoms with Crippen LogP contribution >= 0.6 is 0 Å². The predicted octanol–water partition coefficient (Wildman–Crippen LogP) is 1.67. The van der Waals surface area contributed by atoms with Gasteiger partial charge in [-0.3, -0.25) is 0 Å². The number of nitrogens with two attached hydrogens (primary N) is 1. The van der Waals surface area contributed by atoms with Gasteiger partial charge in [0.15, 0.2) is 0 Å². The number of carbonyl (C=O) groups excluding carboxylic acids is 1. The van der Waals surface area contributed by atoms with Crippen molar-refractivity contribution in [3.05, 3.63) is 35.6 Å². The van der Waals surface area contributed by atoms with E-state index in [9.17, 15) is 4.79 Å². The molecule has 0 bridgehead atoms. The fourth-order valence-electron chi connectivity index (χ4n) is 1.23. The summed E-state index contributed by atoms with van der Waals surface area (Å²) in [6.45, 7) is 2.17. The van der Waals surface area contributed by atoms with Crippen LogP contribution in [0.25, 0.3) is 0 Å². The maximum absolute atomic E-state index is 11.0. The van der Waals surface area contributed by atoms with Crippen molar-refractivity contribution in [3.63, 3.8) is 0 Å². The van der Waals surface area contributed by atoms with E-state index in [2.05, 4.69) is 0 Å². The Hall–Kier alpha value is -1.51. The van der Waals surface area contributed by atoms with Gasteiger partial charge in [0.1, 0.15) is 0 Å². The molecule has 0 atom stereocenters. The number of allylic oxidation sites excluding steroid dienone is 3. The molecule has 3 heteroatoms. The first-order valence-electron chi connectivity index (χ1n) is 4.75. The first-order chi connectivity index (χ1) is 6.74. The second-order valence-electron chi connectivity index (χ2n) is 2.98. The number of carbonyl (C=O) groups is 1. The molecule has 0 aromatic rings. The summed E-state index contributed by atoms with van der Waals surface area (Å²) in [5.41, 5.74) is 7.37. The minimum atomic E-state index is -0.327. The van der Waals surface area contributed by atoms with Gasteiger partial charge in [-0.1, -0.05) is 12.2 Å². The molecule has 1 rings (SSSR count). The van der Waals surface area contributed by atoms with E-state index in [1.165, 1.54) is 6.08 Å². The molecular weight excluding hydrogens is 178 g/mol. The maximum atomic E-state index is 11.0. The molecule has 1 aliphatic rings. The Bertz CT molecular complexity index is 300. The second kappa shape index (κ2) is 5.27. The lowest BCUT2D eigenvalue weighted by molar-refractivity contribution is -0.137. The zero-order valence-electron chi connectivity index (χ0n) is 8.32. The Morgan fingerprint density at radius 2 is 2.29 bits per heavy atom. The molecule has 76 valence electrons. The zero-order chi connectivity index (χ0) is 10.4. The predicted molar refractivity (Wildman–Crippen MR) is 55.4 cm³/mol. The summed E-state index contributed by atoms with van der Waals surface area (Å²) in [6.07, 6.45) is 9.03. The van der Waals surface area contributed by atoms with Gasteiger partial charge in [-0.25, -0.2) is 4.79 Å². The molecule has 0 radical (unpaired) electrons. The third-order valence-corrected chi connectivity index (χ3v) is 1.91. The largest absolute Gasteiger partial charge is 0.463 e. The second-order valence-corrected chi connectivity index (χ2v) is 2.98. The van der Waals surface area contributed by atoms with Gasteiger partial charge in [0.05, 0.1) is 6.61 Å². The quantitative estimate of drug-likeness (QED) is 0.548. The molecule has 0 amide bonds. The summed E-state index contributed by atoms with van der Waals surface area (Å²) in [5, 5.41) is 0. The molecule has 0 saturated carbocycles. The highest BCUT2D eigenvalue weighted by atomic mass is 16.5. The first kappa shape index (κ1) is 10.6. The topological polar surface area (TPSA) is 52.3 Å². The van der Waals surface area contributed by atoms with Crippen LogP contribution in [0.5, 0.6) is 0 Å². The van der Waals surface area contributed by atoms with E-state index in [0.29, 0.717) is 6.61 Å². The van der Waals surface area contributed by atoms with E-state index < -0.39 is 0 Å². The standard InChI is InChI=1S/C11H15NO2/c1-2-14-11(13)8-7-9-5-3-4-6-10(9)12/h5-8H,2-4,12H2,1H3/b8-7+. The average Bonchev–Trinajstić information content (AvgIpc) is 2.17. The first-order valence-corrected chi connectivity index (χ1v) is 4.75. The van der Waals surface area contributed by atoms with Crippen molar-refractivity contribution in [2.45, 2.75) is 19.8 Å². The number of esters is 1. The van der Waals surface area contributed by atoms with E-state index in [-0.39, 0.29) is 5.97 Å². The van der Waals surface area contributed by atoms with Crippen molar-refractivity contribution in [2.24, 2.45) is 5.73 Å². The number of hydrogen-bond donors (Lipinski definition) is 1. The molecular formula is C11H15NO2. The minimum absolute atomic E-state index is 0.327. The number of ether oxygens (including phenoxy) is 1. The lowest BCUT2D eigenvalue weighted by Gasteiger charge is -2.07. The molecule has 1 aliphatic carbocycles. The molecule has 0 saturated heterocycles. The van der Waals surface area contributed by atoms with Crippen molar-refractivity contribution in [3.8, 4) is 0 Å². The van der Waals surface area contributed by atoms with Gasteiger partial charge < -0.3 is 10.5 Å². The Labute approximate surface area is 83.9 Å². The summed E-state index contributed by atoms with van der Waals surface area (Å²) in [6, 6.07) is 0. The van der Waals surface area contributed by atoms with Crippen LogP contribution in [0.4, 0.5) is 0 Å². The van der Waals surface area contributed by atoms with Crippen LogP contribution in [0, 0.1) is 0 Å². The summed E-state index contributed by atoms with van der Waals surface area (Å²) in [4.78, 5) is 11.0. The monoisotopic (exact) mass is 193 g/mol. The highest BCUT2D eigenvalue weighted by molar-refractivity contribution is 5.82. The molecule has 2 N–H and O–H groups in total. The summed E-state index contributed by atoms with van der Waals surface area (Å²) < 4.78 is 4.75. The Morgan fingerprint density at radius 3 is 2.93 bits per heavy atom. The zero-order valence-corrected chi connectivity index (χ0v) is 8.32. The van der Waals surface area contributed by atoms with Gasteiger partial charge in [0.25, 0.3) is 0 Å². The van der Waals surface area contributed by atoms with E-state index >= 15 is 0 Å². The SMILES string of the molecule is CCOC(=O)/C=C/C1=CCCC=C1N. The molecule has 14 heavy (non-hydrogen) atoms. The molecule has 0 unspecified atom stereocenters. The minimum Gasteiger partial charge on any atom is -0.463 e. The Balaban J connectivity index is 2.55. The Morgan fingerprint density at radius 1 is 1.57 bits per heavy atom. The third kappa shape index (κ3) is 3.09. The highest BCUT2D eigenvalue weighted by Crippen LogP contribution is 2.15. The van der Waals surface area contributed by atoms with Crippen LogP contribution < -0.4 is 5.73 Å². The van der Waals surface area contributed by atoms with Crippen molar-refractivity contribution < 1.29 is 9.53 Å². The normalized spacial score (nSPS) is 16.4. The van der Waals surface area contributed by atoms with E-state index in [4.69, 9.17) is 10.5 Å². The maximum Gasteiger partial charge on any atom is 0.330 e. The van der Waals surface area contributed by atoms with E-state index in [0.717, 1.165) is 24.1 Å². The van der Waals surface area contributed by atoms with Gasteiger partial charge >= 0.3 is 5.97 Å². The van der Waals surface area contributed by atoms with Crippen LogP contribution in [0.1, 0.15) is 19.8 Å². The van der Waals surface area contributed by atoms with Crippen molar-refractivity contribution in [2.75, 3.05) is 6.61 Å². The van der Waals surface area contributed by atoms with Gasteiger partial charge in [-0.15, -0.1) is 0 Å². The fraction of sp³-hybridized carbons (Fsp3) is 0.364. The molecule has 3 nitrogen and oxygen atoms in total. The molecule has 0 fully saturated rings. The average molecular weight is 193 g/mol. The third-order valence-electron chi connectivity index (χ3n) is 1.91. The van der Waals surface area contributed by atoms with E-state index in [1.54, 1.807) is 13.0 Å². The van der Waals surface area contributed by atoms with Gasteiger partial charge in [-0.2, -0.15) is 0 Å². The molecule has 0 heterocycles. The lowest BCUT2D eigenvalue weighted by atomic mass is 10.0. The smallest absolute Gasteiger partial charge is 0.330 e.